The van der Waals surface area contributed by atoms with E-state index in [1.807, 2.05) is 19.1 Å². The molecule has 0 spiro atoms. The first-order valence-corrected chi connectivity index (χ1v) is 5.59. The molecule has 4 nitrogen and oxygen atoms in total. The van der Waals surface area contributed by atoms with Crippen LogP contribution < -0.4 is 5.32 Å². The first kappa shape index (κ1) is 11.1. The molecule has 1 aliphatic rings. The quantitative estimate of drug-likeness (QED) is 0.796. The van der Waals surface area contributed by atoms with Crippen LogP contribution in [0.1, 0.15) is 17.3 Å². The summed E-state index contributed by atoms with van der Waals surface area (Å²) in [5.74, 6) is 0. The molecule has 1 unspecified atom stereocenters. The molecule has 0 aromatic carbocycles. The molecule has 1 aromatic rings. The summed E-state index contributed by atoms with van der Waals surface area (Å²) in [4.78, 5) is 6.46. The van der Waals surface area contributed by atoms with E-state index in [4.69, 9.17) is 0 Å². The molecule has 2 rings (SSSR count). The number of hydrogen-bond donors (Lipinski definition) is 1. The minimum Gasteiger partial charge on any atom is -0.314 e. The Balaban J connectivity index is 2.22. The number of rotatable bonds is 2. The van der Waals surface area contributed by atoms with Crippen LogP contribution in [0.25, 0.3) is 0 Å². The Morgan fingerprint density at radius 2 is 2.25 bits per heavy atom. The summed E-state index contributed by atoms with van der Waals surface area (Å²) >= 11 is 0. The molecule has 1 saturated heterocycles. The maximum Gasteiger partial charge on any atom is 0.125 e. The van der Waals surface area contributed by atoms with Crippen molar-refractivity contribution in [1.82, 2.24) is 15.2 Å². The minimum atomic E-state index is -0.157. The number of piperazine rings is 1. The molecule has 1 N–H and O–H groups in total. The van der Waals surface area contributed by atoms with Crippen LogP contribution in [0.5, 0.6) is 0 Å². The van der Waals surface area contributed by atoms with Crippen LogP contribution in [0.4, 0.5) is 0 Å². The summed E-state index contributed by atoms with van der Waals surface area (Å²) in [6.45, 7) is 5.72. The van der Waals surface area contributed by atoms with Crippen molar-refractivity contribution < 1.29 is 0 Å². The van der Waals surface area contributed by atoms with Gasteiger partial charge in [-0.15, -0.1) is 0 Å². The fraction of sp³-hybridized carbons (Fsp3) is 0.500. The van der Waals surface area contributed by atoms with Gasteiger partial charge in [0.15, 0.2) is 0 Å². The normalized spacial score (nSPS) is 19.0. The van der Waals surface area contributed by atoms with Gasteiger partial charge >= 0.3 is 0 Å². The number of nitrogens with one attached hydrogen (secondary N) is 1. The van der Waals surface area contributed by atoms with Gasteiger partial charge in [0.25, 0.3) is 0 Å². The van der Waals surface area contributed by atoms with Crippen LogP contribution in [-0.2, 0) is 0 Å². The molecule has 0 amide bonds. The number of nitriles is 1. The van der Waals surface area contributed by atoms with E-state index in [2.05, 4.69) is 21.3 Å². The zero-order valence-electron chi connectivity index (χ0n) is 9.48. The molecule has 1 fully saturated rings. The molecular formula is C12H16N4. The van der Waals surface area contributed by atoms with Crippen LogP contribution in [0.15, 0.2) is 18.3 Å². The van der Waals surface area contributed by atoms with Crippen molar-refractivity contribution in [3.05, 3.63) is 29.6 Å². The van der Waals surface area contributed by atoms with Gasteiger partial charge in [0, 0.05) is 43.6 Å². The van der Waals surface area contributed by atoms with E-state index >= 15 is 0 Å². The second kappa shape index (κ2) is 5.06. The highest BCUT2D eigenvalue weighted by molar-refractivity contribution is 5.27. The SMILES string of the molecule is Cc1ncccc1C(C#N)N1CCNCC1. The Morgan fingerprint density at radius 1 is 1.50 bits per heavy atom. The zero-order chi connectivity index (χ0) is 11.4. The summed E-state index contributed by atoms with van der Waals surface area (Å²) in [6, 6.07) is 6.13. The van der Waals surface area contributed by atoms with Crippen LogP contribution in [0, 0.1) is 18.3 Å². The predicted molar refractivity (Wildman–Crippen MR) is 61.8 cm³/mol. The zero-order valence-corrected chi connectivity index (χ0v) is 9.48. The summed E-state index contributed by atoms with van der Waals surface area (Å²) < 4.78 is 0. The smallest absolute Gasteiger partial charge is 0.125 e. The average Bonchev–Trinajstić information content (AvgIpc) is 2.34. The highest BCUT2D eigenvalue weighted by atomic mass is 15.2. The third-order valence-electron chi connectivity index (χ3n) is 2.98. The number of pyridine rings is 1. The van der Waals surface area contributed by atoms with E-state index in [1.54, 1.807) is 6.20 Å². The van der Waals surface area contributed by atoms with Crippen molar-refractivity contribution in [1.29, 1.82) is 5.26 Å². The van der Waals surface area contributed by atoms with Gasteiger partial charge in [-0.2, -0.15) is 5.26 Å². The Hall–Kier alpha value is -1.44. The maximum absolute atomic E-state index is 9.32. The molecule has 1 atom stereocenters. The molecular weight excluding hydrogens is 200 g/mol. The standard InChI is InChI=1S/C12H16N4/c1-10-11(3-2-4-15-10)12(9-13)16-7-5-14-6-8-16/h2-4,12,14H,5-8H2,1H3. The molecule has 0 aliphatic carbocycles. The number of nitrogens with zero attached hydrogens (tertiary/aromatic N) is 3. The highest BCUT2D eigenvalue weighted by Crippen LogP contribution is 2.21. The Labute approximate surface area is 95.9 Å². The summed E-state index contributed by atoms with van der Waals surface area (Å²) in [5.41, 5.74) is 1.99. The summed E-state index contributed by atoms with van der Waals surface area (Å²) in [5, 5.41) is 12.6. The van der Waals surface area contributed by atoms with Crippen LogP contribution in [0.2, 0.25) is 0 Å². The van der Waals surface area contributed by atoms with Crippen molar-refractivity contribution in [2.75, 3.05) is 26.2 Å². The van der Waals surface area contributed by atoms with E-state index in [9.17, 15) is 5.26 Å². The van der Waals surface area contributed by atoms with Gasteiger partial charge in [0.1, 0.15) is 6.04 Å². The van der Waals surface area contributed by atoms with Crippen molar-refractivity contribution >= 4 is 0 Å². The third-order valence-corrected chi connectivity index (χ3v) is 2.98. The largest absolute Gasteiger partial charge is 0.314 e. The Morgan fingerprint density at radius 3 is 2.88 bits per heavy atom. The second-order valence-corrected chi connectivity index (χ2v) is 4.00. The van der Waals surface area contributed by atoms with E-state index in [0.29, 0.717) is 0 Å². The fourth-order valence-corrected chi connectivity index (χ4v) is 2.07. The van der Waals surface area contributed by atoms with Gasteiger partial charge in [-0.05, 0) is 13.0 Å². The van der Waals surface area contributed by atoms with E-state index < -0.39 is 0 Å². The molecule has 0 saturated carbocycles. The number of aryl methyl sites for hydroxylation is 1. The topological polar surface area (TPSA) is 52.0 Å². The molecule has 4 heteroatoms. The lowest BCUT2D eigenvalue weighted by Gasteiger charge is -2.31. The minimum absolute atomic E-state index is 0.157. The van der Waals surface area contributed by atoms with Gasteiger partial charge in [0.2, 0.25) is 0 Å². The average molecular weight is 216 g/mol. The fourth-order valence-electron chi connectivity index (χ4n) is 2.07. The van der Waals surface area contributed by atoms with E-state index in [-0.39, 0.29) is 6.04 Å². The van der Waals surface area contributed by atoms with E-state index in [1.165, 1.54) is 0 Å². The molecule has 84 valence electrons. The van der Waals surface area contributed by atoms with Crippen molar-refractivity contribution in [2.45, 2.75) is 13.0 Å². The highest BCUT2D eigenvalue weighted by Gasteiger charge is 2.23. The van der Waals surface area contributed by atoms with Gasteiger partial charge in [-0.1, -0.05) is 6.07 Å². The first-order chi connectivity index (χ1) is 7.83. The third kappa shape index (κ3) is 2.21. The lowest BCUT2D eigenvalue weighted by Crippen LogP contribution is -2.45. The van der Waals surface area contributed by atoms with Gasteiger partial charge in [-0.3, -0.25) is 9.88 Å². The summed E-state index contributed by atoms with van der Waals surface area (Å²) in [7, 11) is 0. The van der Waals surface area contributed by atoms with Gasteiger partial charge in [0.05, 0.1) is 6.07 Å². The molecule has 1 aromatic heterocycles. The van der Waals surface area contributed by atoms with Crippen molar-refractivity contribution in [3.8, 4) is 6.07 Å². The molecule has 0 radical (unpaired) electrons. The lowest BCUT2D eigenvalue weighted by atomic mass is 10.0. The number of aromatic nitrogens is 1. The van der Waals surface area contributed by atoms with Crippen LogP contribution in [-0.4, -0.2) is 36.1 Å². The second-order valence-electron chi connectivity index (χ2n) is 4.00. The van der Waals surface area contributed by atoms with Crippen LogP contribution >= 0.6 is 0 Å². The number of hydrogen-bond acceptors (Lipinski definition) is 4. The molecule has 2 heterocycles. The van der Waals surface area contributed by atoms with Crippen molar-refractivity contribution in [3.63, 3.8) is 0 Å². The Bertz CT molecular complexity index is 390. The first-order valence-electron chi connectivity index (χ1n) is 5.59. The van der Waals surface area contributed by atoms with E-state index in [0.717, 1.165) is 37.4 Å². The summed E-state index contributed by atoms with van der Waals surface area (Å²) in [6.07, 6.45) is 1.77. The van der Waals surface area contributed by atoms with Gasteiger partial charge < -0.3 is 5.32 Å². The molecule has 1 aliphatic heterocycles. The maximum atomic E-state index is 9.32. The van der Waals surface area contributed by atoms with Crippen molar-refractivity contribution in [2.24, 2.45) is 0 Å². The van der Waals surface area contributed by atoms with Crippen LogP contribution in [0.3, 0.4) is 0 Å². The van der Waals surface area contributed by atoms with Gasteiger partial charge in [-0.25, -0.2) is 0 Å². The Kier molecular flexibility index (Phi) is 3.50. The molecule has 16 heavy (non-hydrogen) atoms. The monoisotopic (exact) mass is 216 g/mol. The lowest BCUT2D eigenvalue weighted by molar-refractivity contribution is 0.207. The molecule has 0 bridgehead atoms. The predicted octanol–water partition coefficient (Wildman–Crippen LogP) is 0.860.